The van der Waals surface area contributed by atoms with Gasteiger partial charge in [0.25, 0.3) is 0 Å². The van der Waals surface area contributed by atoms with Crippen molar-refractivity contribution in [1.29, 1.82) is 0 Å². The van der Waals surface area contributed by atoms with Crippen molar-refractivity contribution in [2.75, 3.05) is 27.3 Å². The number of hydrogen-bond acceptors (Lipinski definition) is 2. The fraction of sp³-hybridized carbons (Fsp3) is 0.897. The monoisotopic (exact) mass is 576 g/mol. The van der Waals surface area contributed by atoms with Crippen LogP contribution in [-0.2, 0) is 4.74 Å². The molecule has 0 bridgehead atoms. The van der Waals surface area contributed by atoms with Gasteiger partial charge in [-0.1, -0.05) is 173 Å². The van der Waals surface area contributed by atoms with Crippen LogP contribution in [0.5, 0.6) is 0 Å². The van der Waals surface area contributed by atoms with Crippen LogP contribution in [0.15, 0.2) is 24.3 Å². The molecule has 0 radical (unpaired) electrons. The molecule has 0 spiro atoms. The number of unbranched alkanes of at least 4 members (excludes halogenated alkanes) is 23. The summed E-state index contributed by atoms with van der Waals surface area (Å²) in [4.78, 5) is 2.38. The van der Waals surface area contributed by atoms with E-state index in [1.165, 1.54) is 173 Å². The largest absolute Gasteiger partial charge is 0.380 e. The number of likely N-dealkylation sites (N-methyl/N-ethyl adjacent to an activating group) is 1. The highest BCUT2D eigenvalue weighted by Crippen LogP contribution is 2.15. The van der Waals surface area contributed by atoms with E-state index in [0.29, 0.717) is 6.04 Å². The summed E-state index contributed by atoms with van der Waals surface area (Å²) in [5.41, 5.74) is 0. The lowest BCUT2D eigenvalue weighted by Gasteiger charge is -2.24. The molecular weight excluding hydrogens is 498 g/mol. The van der Waals surface area contributed by atoms with E-state index in [1.807, 2.05) is 0 Å². The highest BCUT2D eigenvalue weighted by Gasteiger charge is 2.11. The Hall–Kier alpha value is -0.600. The van der Waals surface area contributed by atoms with Gasteiger partial charge in [-0.3, -0.25) is 0 Å². The van der Waals surface area contributed by atoms with Crippen LogP contribution in [-0.4, -0.2) is 38.3 Å². The molecule has 1 unspecified atom stereocenters. The fourth-order valence-corrected chi connectivity index (χ4v) is 5.65. The molecule has 0 fully saturated rings. The van der Waals surface area contributed by atoms with Gasteiger partial charge in [0.05, 0.1) is 6.61 Å². The molecule has 0 rings (SSSR count). The minimum Gasteiger partial charge on any atom is -0.380 e. The lowest BCUT2D eigenvalue weighted by Crippen LogP contribution is -2.32. The Kier molecular flexibility index (Phi) is 35.1. The second-order valence-corrected chi connectivity index (χ2v) is 13.0. The first-order valence-corrected chi connectivity index (χ1v) is 18.8. The van der Waals surface area contributed by atoms with Crippen LogP contribution in [0, 0.1) is 0 Å². The minimum absolute atomic E-state index is 0.583. The van der Waals surface area contributed by atoms with Crippen molar-refractivity contribution < 1.29 is 4.74 Å². The Morgan fingerprint density at radius 3 is 1.34 bits per heavy atom. The maximum atomic E-state index is 6.10. The average Bonchev–Trinajstić information content (AvgIpc) is 2.97. The summed E-state index contributed by atoms with van der Waals surface area (Å²) in [6.07, 6.45) is 47.9. The molecule has 0 aliphatic heterocycles. The predicted molar refractivity (Wildman–Crippen MR) is 187 cm³/mol. The van der Waals surface area contributed by atoms with Crippen LogP contribution in [0.25, 0.3) is 0 Å². The zero-order chi connectivity index (χ0) is 29.9. The SMILES string of the molecule is CCCCC/C=C\C/C=C\CCCCCCCCCC(COCCCCCCCCCCCCCCCC)N(C)C. The van der Waals surface area contributed by atoms with Gasteiger partial charge in [-0.05, 0) is 59.0 Å². The molecule has 0 saturated heterocycles. The van der Waals surface area contributed by atoms with Crippen molar-refractivity contribution in [2.45, 2.75) is 200 Å². The molecule has 0 aromatic carbocycles. The van der Waals surface area contributed by atoms with Gasteiger partial charge in [0, 0.05) is 12.6 Å². The lowest BCUT2D eigenvalue weighted by atomic mass is 10.0. The van der Waals surface area contributed by atoms with Crippen molar-refractivity contribution in [3.8, 4) is 0 Å². The standard InChI is InChI=1S/C39H77NO/c1-5-7-9-11-13-15-17-19-21-22-23-24-26-28-30-32-34-36-39(40(3)4)38-41-37-35-33-31-29-27-25-20-18-16-14-12-10-8-6-2/h13,15,19,21,39H,5-12,14,16-18,20,22-38H2,1-4H3/b15-13-,21-19-. The Labute approximate surface area is 260 Å². The summed E-state index contributed by atoms with van der Waals surface area (Å²) in [7, 11) is 4.44. The first-order valence-electron chi connectivity index (χ1n) is 18.8. The van der Waals surface area contributed by atoms with E-state index in [2.05, 4.69) is 57.1 Å². The minimum atomic E-state index is 0.583. The van der Waals surface area contributed by atoms with Gasteiger partial charge in [0.15, 0.2) is 0 Å². The summed E-state index contributed by atoms with van der Waals surface area (Å²) in [6, 6.07) is 0.583. The summed E-state index contributed by atoms with van der Waals surface area (Å²) >= 11 is 0. The summed E-state index contributed by atoms with van der Waals surface area (Å²) in [6.45, 7) is 6.43. The summed E-state index contributed by atoms with van der Waals surface area (Å²) < 4.78 is 6.10. The van der Waals surface area contributed by atoms with E-state index < -0.39 is 0 Å². The van der Waals surface area contributed by atoms with Crippen LogP contribution in [0.1, 0.15) is 194 Å². The molecule has 0 heterocycles. The molecule has 0 aliphatic carbocycles. The first kappa shape index (κ1) is 40.4. The third-order valence-corrected chi connectivity index (χ3v) is 8.67. The van der Waals surface area contributed by atoms with E-state index >= 15 is 0 Å². The molecule has 2 nitrogen and oxygen atoms in total. The first-order chi connectivity index (χ1) is 20.2. The molecule has 0 amide bonds. The Morgan fingerprint density at radius 1 is 0.463 bits per heavy atom. The third-order valence-electron chi connectivity index (χ3n) is 8.67. The number of ether oxygens (including phenoxy) is 1. The number of hydrogen-bond donors (Lipinski definition) is 0. The number of nitrogens with zero attached hydrogens (tertiary/aromatic N) is 1. The molecule has 1 atom stereocenters. The zero-order valence-electron chi connectivity index (χ0n) is 29.0. The Balaban J connectivity index is 3.44. The van der Waals surface area contributed by atoms with Crippen molar-refractivity contribution in [3.63, 3.8) is 0 Å². The van der Waals surface area contributed by atoms with Gasteiger partial charge in [0.2, 0.25) is 0 Å². The number of allylic oxidation sites excluding steroid dienone is 4. The van der Waals surface area contributed by atoms with E-state index in [-0.39, 0.29) is 0 Å². The molecule has 0 aliphatic rings. The quantitative estimate of drug-likeness (QED) is 0.0559. The molecule has 0 aromatic rings. The van der Waals surface area contributed by atoms with Gasteiger partial charge in [0.1, 0.15) is 0 Å². The van der Waals surface area contributed by atoms with Crippen LogP contribution in [0.2, 0.25) is 0 Å². The van der Waals surface area contributed by atoms with E-state index in [9.17, 15) is 0 Å². The second kappa shape index (κ2) is 35.6. The number of rotatable bonds is 34. The topological polar surface area (TPSA) is 12.5 Å². The van der Waals surface area contributed by atoms with Crippen molar-refractivity contribution in [2.24, 2.45) is 0 Å². The second-order valence-electron chi connectivity index (χ2n) is 13.0. The summed E-state index contributed by atoms with van der Waals surface area (Å²) in [5, 5.41) is 0. The molecule has 244 valence electrons. The Morgan fingerprint density at radius 2 is 0.854 bits per heavy atom. The van der Waals surface area contributed by atoms with E-state index in [0.717, 1.165) is 19.6 Å². The fourth-order valence-electron chi connectivity index (χ4n) is 5.65. The van der Waals surface area contributed by atoms with Gasteiger partial charge >= 0.3 is 0 Å². The molecule has 41 heavy (non-hydrogen) atoms. The molecular formula is C39H77NO. The van der Waals surface area contributed by atoms with Gasteiger partial charge in [-0.25, -0.2) is 0 Å². The van der Waals surface area contributed by atoms with Crippen LogP contribution in [0.4, 0.5) is 0 Å². The summed E-state index contributed by atoms with van der Waals surface area (Å²) in [5.74, 6) is 0. The smallest absolute Gasteiger partial charge is 0.0621 e. The Bertz CT molecular complexity index is 526. The highest BCUT2D eigenvalue weighted by atomic mass is 16.5. The van der Waals surface area contributed by atoms with Gasteiger partial charge in [-0.2, -0.15) is 0 Å². The van der Waals surface area contributed by atoms with Crippen LogP contribution in [0.3, 0.4) is 0 Å². The van der Waals surface area contributed by atoms with E-state index in [4.69, 9.17) is 4.74 Å². The maximum absolute atomic E-state index is 6.10. The lowest BCUT2D eigenvalue weighted by molar-refractivity contribution is 0.0721. The zero-order valence-corrected chi connectivity index (χ0v) is 29.0. The average molecular weight is 576 g/mol. The van der Waals surface area contributed by atoms with Gasteiger partial charge in [-0.15, -0.1) is 0 Å². The van der Waals surface area contributed by atoms with E-state index in [1.54, 1.807) is 0 Å². The van der Waals surface area contributed by atoms with Gasteiger partial charge < -0.3 is 9.64 Å². The predicted octanol–water partition coefficient (Wildman–Crippen LogP) is 13.0. The van der Waals surface area contributed by atoms with Crippen LogP contribution >= 0.6 is 0 Å². The van der Waals surface area contributed by atoms with Crippen LogP contribution < -0.4 is 0 Å². The molecule has 0 aromatic heterocycles. The third kappa shape index (κ3) is 33.8. The highest BCUT2D eigenvalue weighted by molar-refractivity contribution is 4.92. The van der Waals surface area contributed by atoms with Crippen molar-refractivity contribution in [3.05, 3.63) is 24.3 Å². The molecule has 0 N–H and O–H groups in total. The molecule has 2 heteroatoms. The van der Waals surface area contributed by atoms with Crippen molar-refractivity contribution in [1.82, 2.24) is 4.90 Å². The molecule has 0 saturated carbocycles. The normalized spacial score (nSPS) is 12.9. The maximum Gasteiger partial charge on any atom is 0.0621 e. The van der Waals surface area contributed by atoms with Crippen molar-refractivity contribution >= 4 is 0 Å².